The van der Waals surface area contributed by atoms with Gasteiger partial charge in [-0.1, -0.05) is 32.9 Å². The van der Waals surface area contributed by atoms with Crippen molar-refractivity contribution in [2.24, 2.45) is 0 Å². The van der Waals surface area contributed by atoms with Gasteiger partial charge in [0.1, 0.15) is 17.1 Å². The highest BCUT2D eigenvalue weighted by Gasteiger charge is 2.20. The van der Waals surface area contributed by atoms with E-state index in [1.807, 2.05) is 35.7 Å². The fraction of sp³-hybridized carbons (Fsp3) is 0.346. The zero-order valence-electron chi connectivity index (χ0n) is 19.9. The summed E-state index contributed by atoms with van der Waals surface area (Å²) in [5.41, 5.74) is 5.81. The Morgan fingerprint density at radius 1 is 1.12 bits per heavy atom. The lowest BCUT2D eigenvalue weighted by atomic mass is 10.1. The number of fused-ring (bicyclic) bond motifs is 1. The lowest BCUT2D eigenvalue weighted by molar-refractivity contribution is 0.306. The van der Waals surface area contributed by atoms with E-state index in [1.54, 1.807) is 13.3 Å². The maximum atomic E-state index is 5.91. The van der Waals surface area contributed by atoms with E-state index in [-0.39, 0.29) is 5.92 Å². The molecule has 7 nitrogen and oxygen atoms in total. The molecule has 33 heavy (non-hydrogen) atoms. The Kier molecular flexibility index (Phi) is 6.77. The van der Waals surface area contributed by atoms with E-state index >= 15 is 0 Å². The van der Waals surface area contributed by atoms with E-state index in [0.29, 0.717) is 19.0 Å². The minimum atomic E-state index is 0.268. The molecule has 0 aliphatic carbocycles. The number of methoxy groups -OCH3 is 1. The zero-order chi connectivity index (χ0) is 23.4. The highest BCUT2D eigenvalue weighted by Crippen LogP contribution is 2.33. The number of aryl methyl sites for hydroxylation is 1. The van der Waals surface area contributed by atoms with Crippen LogP contribution in [0.5, 0.6) is 11.6 Å². The third-order valence-corrected chi connectivity index (χ3v) is 5.47. The van der Waals surface area contributed by atoms with Gasteiger partial charge in [0.2, 0.25) is 5.88 Å². The average Bonchev–Trinajstić information content (AvgIpc) is 3.18. The molecule has 0 radical (unpaired) electrons. The minimum absolute atomic E-state index is 0.268. The third-order valence-electron chi connectivity index (χ3n) is 5.47. The van der Waals surface area contributed by atoms with E-state index in [4.69, 9.17) is 19.6 Å². The fourth-order valence-electron chi connectivity index (χ4n) is 3.77. The minimum Gasteiger partial charge on any atom is -0.497 e. The Hall–Kier alpha value is -3.61. The number of aromatic nitrogens is 4. The first-order chi connectivity index (χ1) is 16.0. The molecule has 0 aliphatic rings. The first-order valence-corrected chi connectivity index (χ1v) is 11.4. The standard InChI is InChI=1S/C26H31N5O2/c1-6-14-33-26-21(8-7-13-27-26)22-15-23(28-16-19-9-11-20(32-5)12-10-19)25-24(17(2)3)29-18(4)31(25)30-22/h7-13,15,17,28H,6,14,16H2,1-5H3. The molecular weight excluding hydrogens is 414 g/mol. The molecule has 172 valence electrons. The lowest BCUT2D eigenvalue weighted by Gasteiger charge is -2.14. The predicted octanol–water partition coefficient (Wildman–Crippen LogP) is 5.63. The van der Waals surface area contributed by atoms with Crippen molar-refractivity contribution in [3.05, 3.63) is 65.7 Å². The summed E-state index contributed by atoms with van der Waals surface area (Å²) in [5.74, 6) is 2.55. The molecule has 0 fully saturated rings. The van der Waals surface area contributed by atoms with Crippen molar-refractivity contribution in [2.75, 3.05) is 19.0 Å². The number of hydrogen-bond donors (Lipinski definition) is 1. The van der Waals surface area contributed by atoms with Gasteiger partial charge in [-0.25, -0.2) is 14.5 Å². The maximum Gasteiger partial charge on any atom is 0.222 e. The van der Waals surface area contributed by atoms with Crippen molar-refractivity contribution in [2.45, 2.75) is 46.6 Å². The number of anilines is 1. The monoisotopic (exact) mass is 445 g/mol. The number of ether oxygens (including phenoxy) is 2. The van der Waals surface area contributed by atoms with Crippen LogP contribution in [-0.4, -0.2) is 33.3 Å². The summed E-state index contributed by atoms with van der Waals surface area (Å²) in [5, 5.41) is 8.55. The summed E-state index contributed by atoms with van der Waals surface area (Å²) >= 11 is 0. The quantitative estimate of drug-likeness (QED) is 0.360. The SMILES string of the molecule is CCCOc1ncccc1-c1cc(NCc2ccc(OC)cc2)c2c(C(C)C)nc(C)n2n1. The van der Waals surface area contributed by atoms with Gasteiger partial charge in [-0.15, -0.1) is 0 Å². The third kappa shape index (κ3) is 4.77. The van der Waals surface area contributed by atoms with Gasteiger partial charge in [-0.05, 0) is 55.2 Å². The lowest BCUT2D eigenvalue weighted by Crippen LogP contribution is -2.07. The number of nitrogens with zero attached hydrogens (tertiary/aromatic N) is 4. The summed E-state index contributed by atoms with van der Waals surface area (Å²) in [6, 6.07) is 14.0. The number of pyridine rings is 1. The van der Waals surface area contributed by atoms with Crippen LogP contribution in [0.2, 0.25) is 0 Å². The molecule has 1 N–H and O–H groups in total. The van der Waals surface area contributed by atoms with Crippen molar-refractivity contribution in [1.82, 2.24) is 19.6 Å². The second kappa shape index (κ2) is 9.90. The topological polar surface area (TPSA) is 73.6 Å². The van der Waals surface area contributed by atoms with Gasteiger partial charge in [-0.3, -0.25) is 0 Å². The summed E-state index contributed by atoms with van der Waals surface area (Å²) in [6.07, 6.45) is 2.66. The highest BCUT2D eigenvalue weighted by molar-refractivity contribution is 5.80. The van der Waals surface area contributed by atoms with Crippen LogP contribution in [0.4, 0.5) is 5.69 Å². The summed E-state index contributed by atoms with van der Waals surface area (Å²) in [6.45, 7) is 9.64. The van der Waals surface area contributed by atoms with Crippen LogP contribution in [0.15, 0.2) is 48.7 Å². The van der Waals surface area contributed by atoms with Gasteiger partial charge in [-0.2, -0.15) is 5.10 Å². The van der Waals surface area contributed by atoms with Crippen LogP contribution in [-0.2, 0) is 6.54 Å². The largest absolute Gasteiger partial charge is 0.497 e. The number of hydrogen-bond acceptors (Lipinski definition) is 6. The molecule has 0 unspecified atom stereocenters. The van der Waals surface area contributed by atoms with Gasteiger partial charge in [0.15, 0.2) is 0 Å². The molecule has 1 aromatic carbocycles. The molecule has 0 saturated carbocycles. The van der Waals surface area contributed by atoms with E-state index in [1.165, 1.54) is 0 Å². The normalized spacial score (nSPS) is 11.2. The Balaban J connectivity index is 1.79. The van der Waals surface area contributed by atoms with Crippen molar-refractivity contribution in [3.63, 3.8) is 0 Å². The Labute approximate surface area is 194 Å². The molecule has 0 amide bonds. The van der Waals surface area contributed by atoms with Crippen LogP contribution in [0.25, 0.3) is 16.8 Å². The van der Waals surface area contributed by atoms with Crippen molar-refractivity contribution < 1.29 is 9.47 Å². The number of benzene rings is 1. The molecule has 0 atom stereocenters. The van der Waals surface area contributed by atoms with Gasteiger partial charge in [0.05, 0.1) is 36.4 Å². The van der Waals surface area contributed by atoms with Gasteiger partial charge in [0.25, 0.3) is 0 Å². The fourth-order valence-corrected chi connectivity index (χ4v) is 3.77. The molecule has 0 spiro atoms. The van der Waals surface area contributed by atoms with E-state index in [0.717, 1.165) is 51.7 Å². The van der Waals surface area contributed by atoms with Crippen molar-refractivity contribution in [1.29, 1.82) is 0 Å². The van der Waals surface area contributed by atoms with Crippen LogP contribution in [0.3, 0.4) is 0 Å². The van der Waals surface area contributed by atoms with Crippen LogP contribution < -0.4 is 14.8 Å². The second-order valence-electron chi connectivity index (χ2n) is 8.31. The molecule has 3 heterocycles. The molecule has 3 aromatic heterocycles. The molecular formula is C26H31N5O2. The molecule has 0 bridgehead atoms. The number of nitrogens with one attached hydrogen (secondary N) is 1. The predicted molar refractivity (Wildman–Crippen MR) is 131 cm³/mol. The first-order valence-electron chi connectivity index (χ1n) is 11.4. The van der Waals surface area contributed by atoms with Gasteiger partial charge >= 0.3 is 0 Å². The summed E-state index contributed by atoms with van der Waals surface area (Å²) in [4.78, 5) is 9.28. The Bertz CT molecular complexity index is 1230. The van der Waals surface area contributed by atoms with Crippen LogP contribution in [0.1, 0.15) is 50.2 Å². The van der Waals surface area contributed by atoms with Crippen molar-refractivity contribution in [3.8, 4) is 22.9 Å². The average molecular weight is 446 g/mol. The van der Waals surface area contributed by atoms with Crippen molar-refractivity contribution >= 4 is 11.2 Å². The number of imidazole rings is 1. The maximum absolute atomic E-state index is 5.91. The second-order valence-corrected chi connectivity index (χ2v) is 8.31. The summed E-state index contributed by atoms with van der Waals surface area (Å²) in [7, 11) is 1.68. The van der Waals surface area contributed by atoms with Gasteiger partial charge < -0.3 is 14.8 Å². The molecule has 0 saturated heterocycles. The first kappa shape index (κ1) is 22.6. The highest BCUT2D eigenvalue weighted by atomic mass is 16.5. The summed E-state index contributed by atoms with van der Waals surface area (Å²) < 4.78 is 13.1. The molecule has 7 heteroatoms. The zero-order valence-corrected chi connectivity index (χ0v) is 19.9. The number of rotatable bonds is 9. The van der Waals surface area contributed by atoms with Crippen LogP contribution >= 0.6 is 0 Å². The smallest absolute Gasteiger partial charge is 0.222 e. The molecule has 0 aliphatic heterocycles. The van der Waals surface area contributed by atoms with E-state index < -0.39 is 0 Å². The van der Waals surface area contributed by atoms with E-state index in [9.17, 15) is 0 Å². The Morgan fingerprint density at radius 2 is 1.91 bits per heavy atom. The Morgan fingerprint density at radius 3 is 2.61 bits per heavy atom. The van der Waals surface area contributed by atoms with E-state index in [2.05, 4.69) is 49.3 Å². The molecule has 4 rings (SSSR count). The van der Waals surface area contributed by atoms with Crippen LogP contribution in [0, 0.1) is 6.92 Å². The van der Waals surface area contributed by atoms with Gasteiger partial charge in [0, 0.05) is 12.7 Å². The molecule has 4 aromatic rings.